The van der Waals surface area contributed by atoms with Crippen molar-refractivity contribution >= 4 is 12.1 Å². The van der Waals surface area contributed by atoms with E-state index in [1.54, 1.807) is 24.3 Å². The molecule has 0 aliphatic carbocycles. The van der Waals surface area contributed by atoms with Gasteiger partial charge in [0.15, 0.2) is 0 Å². The summed E-state index contributed by atoms with van der Waals surface area (Å²) in [5, 5.41) is 22.6. The van der Waals surface area contributed by atoms with Gasteiger partial charge in [-0.1, -0.05) is 13.8 Å². The van der Waals surface area contributed by atoms with Crippen molar-refractivity contribution in [1.82, 2.24) is 5.43 Å². The predicted octanol–water partition coefficient (Wildman–Crippen LogP) is 2.90. The molecule has 6 nitrogen and oxygen atoms in total. The first-order chi connectivity index (χ1) is 11.5. The molecule has 0 atom stereocenters. The first kappa shape index (κ1) is 17.3. The minimum Gasteiger partial charge on any atom is -0.508 e. The Morgan fingerprint density at radius 2 is 1.92 bits per heavy atom. The Kier molecular flexibility index (Phi) is 5.78. The van der Waals surface area contributed by atoms with E-state index < -0.39 is 0 Å². The van der Waals surface area contributed by atoms with Crippen molar-refractivity contribution in [2.75, 3.05) is 6.61 Å². The molecule has 0 aromatic heterocycles. The summed E-state index contributed by atoms with van der Waals surface area (Å²) >= 11 is 0. The molecule has 0 heterocycles. The zero-order valence-corrected chi connectivity index (χ0v) is 13.6. The smallest absolute Gasteiger partial charge is 0.271 e. The molecule has 0 spiro atoms. The number of phenols is 2. The van der Waals surface area contributed by atoms with Crippen LogP contribution in [0.2, 0.25) is 0 Å². The second-order valence-electron chi connectivity index (χ2n) is 5.67. The fraction of sp³-hybridized carbons (Fsp3) is 0.222. The molecular weight excluding hydrogens is 308 g/mol. The molecule has 6 heteroatoms. The van der Waals surface area contributed by atoms with Gasteiger partial charge < -0.3 is 14.9 Å². The third kappa shape index (κ3) is 5.01. The van der Waals surface area contributed by atoms with Crippen molar-refractivity contribution in [2.24, 2.45) is 11.0 Å². The highest BCUT2D eigenvalue weighted by molar-refractivity contribution is 5.95. The lowest BCUT2D eigenvalue weighted by molar-refractivity contribution is 0.0955. The molecule has 0 bridgehead atoms. The molecule has 24 heavy (non-hydrogen) atoms. The predicted molar refractivity (Wildman–Crippen MR) is 91.6 cm³/mol. The van der Waals surface area contributed by atoms with E-state index in [-0.39, 0.29) is 17.4 Å². The van der Waals surface area contributed by atoms with Gasteiger partial charge in [0.05, 0.1) is 12.8 Å². The monoisotopic (exact) mass is 328 g/mol. The van der Waals surface area contributed by atoms with Gasteiger partial charge in [0.2, 0.25) is 0 Å². The Balaban J connectivity index is 1.93. The number of nitrogens with zero attached hydrogens (tertiary/aromatic N) is 1. The number of nitrogens with one attached hydrogen (secondary N) is 1. The third-order valence-corrected chi connectivity index (χ3v) is 3.08. The average molecular weight is 328 g/mol. The highest BCUT2D eigenvalue weighted by Crippen LogP contribution is 2.20. The van der Waals surface area contributed by atoms with Gasteiger partial charge in [-0.25, -0.2) is 5.43 Å². The van der Waals surface area contributed by atoms with Gasteiger partial charge in [-0.15, -0.1) is 0 Å². The van der Waals surface area contributed by atoms with Crippen molar-refractivity contribution in [3.63, 3.8) is 0 Å². The summed E-state index contributed by atoms with van der Waals surface area (Å²) in [6.07, 6.45) is 1.30. The number of carbonyl (C=O) groups excluding carboxylic acids is 1. The van der Waals surface area contributed by atoms with Gasteiger partial charge in [0.1, 0.15) is 17.2 Å². The van der Waals surface area contributed by atoms with Crippen LogP contribution in [0.3, 0.4) is 0 Å². The highest BCUT2D eigenvalue weighted by atomic mass is 16.5. The van der Waals surface area contributed by atoms with Crippen LogP contribution in [0.25, 0.3) is 0 Å². The first-order valence-electron chi connectivity index (χ1n) is 7.54. The van der Waals surface area contributed by atoms with Gasteiger partial charge in [0.25, 0.3) is 5.91 Å². The molecule has 2 rings (SSSR count). The number of hydrazone groups is 1. The number of aromatic hydroxyl groups is 2. The Labute approximate surface area is 140 Å². The van der Waals surface area contributed by atoms with Crippen LogP contribution in [0.5, 0.6) is 17.2 Å². The maximum Gasteiger partial charge on any atom is 0.271 e. The summed E-state index contributed by atoms with van der Waals surface area (Å²) in [5.74, 6) is 0.587. The van der Waals surface area contributed by atoms with Gasteiger partial charge in [-0.05, 0) is 42.3 Å². The summed E-state index contributed by atoms with van der Waals surface area (Å²) in [6, 6.07) is 10.9. The number of carbonyl (C=O) groups is 1. The van der Waals surface area contributed by atoms with Crippen LogP contribution >= 0.6 is 0 Å². The van der Waals surface area contributed by atoms with Crippen molar-refractivity contribution in [3.05, 3.63) is 53.6 Å². The van der Waals surface area contributed by atoms with E-state index in [4.69, 9.17) is 4.74 Å². The van der Waals surface area contributed by atoms with Gasteiger partial charge in [0, 0.05) is 17.2 Å². The summed E-state index contributed by atoms with van der Waals surface area (Å²) in [5.41, 5.74) is 3.20. The lowest BCUT2D eigenvalue weighted by Crippen LogP contribution is -2.17. The van der Waals surface area contributed by atoms with Crippen LogP contribution in [-0.2, 0) is 0 Å². The number of rotatable bonds is 6. The molecule has 126 valence electrons. The van der Waals surface area contributed by atoms with E-state index in [1.807, 2.05) is 0 Å². The van der Waals surface area contributed by atoms with E-state index in [2.05, 4.69) is 24.4 Å². The van der Waals surface area contributed by atoms with Crippen molar-refractivity contribution < 1.29 is 19.7 Å². The van der Waals surface area contributed by atoms with Crippen LogP contribution < -0.4 is 10.2 Å². The minimum absolute atomic E-state index is 0.0477. The fourth-order valence-electron chi connectivity index (χ4n) is 1.83. The molecule has 0 aliphatic rings. The van der Waals surface area contributed by atoms with Gasteiger partial charge >= 0.3 is 0 Å². The Morgan fingerprint density at radius 3 is 2.54 bits per heavy atom. The molecular formula is C18H20N2O4. The molecule has 1 amide bonds. The van der Waals surface area contributed by atoms with Crippen LogP contribution in [0.1, 0.15) is 29.8 Å². The van der Waals surface area contributed by atoms with Gasteiger partial charge in [-0.3, -0.25) is 4.79 Å². The molecule has 0 saturated carbocycles. The second kappa shape index (κ2) is 8.01. The molecule has 2 aromatic carbocycles. The van der Waals surface area contributed by atoms with E-state index in [0.29, 0.717) is 29.4 Å². The minimum atomic E-state index is -0.375. The normalized spacial score (nSPS) is 11.0. The molecule has 2 aromatic rings. The number of amides is 1. The molecule has 0 radical (unpaired) electrons. The fourth-order valence-corrected chi connectivity index (χ4v) is 1.83. The second-order valence-corrected chi connectivity index (χ2v) is 5.67. The quantitative estimate of drug-likeness (QED) is 0.562. The van der Waals surface area contributed by atoms with Crippen LogP contribution in [0, 0.1) is 5.92 Å². The summed E-state index contributed by atoms with van der Waals surface area (Å²) in [4.78, 5) is 12.0. The number of hydrogen-bond acceptors (Lipinski definition) is 5. The van der Waals surface area contributed by atoms with E-state index in [0.717, 1.165) is 0 Å². The van der Waals surface area contributed by atoms with Crippen molar-refractivity contribution in [1.29, 1.82) is 0 Å². The number of hydrogen-bond donors (Lipinski definition) is 3. The number of phenolic OH excluding ortho intramolecular Hbond substituents is 2. The maximum atomic E-state index is 12.0. The molecule has 0 saturated heterocycles. The standard InChI is InChI=1S/C18H20N2O4/c1-12(2)11-24-16-7-4-13(5-8-16)18(23)20-19-10-14-3-6-15(21)9-17(14)22/h3-10,12,21-22H,11H2,1-2H3,(H,20,23)/b19-10+. The maximum absolute atomic E-state index is 12.0. The number of benzene rings is 2. The lowest BCUT2D eigenvalue weighted by atomic mass is 10.2. The summed E-state index contributed by atoms with van der Waals surface area (Å²) < 4.78 is 5.55. The molecule has 3 N–H and O–H groups in total. The summed E-state index contributed by atoms with van der Waals surface area (Å²) in [6.45, 7) is 4.74. The van der Waals surface area contributed by atoms with Crippen LogP contribution in [0.4, 0.5) is 0 Å². The SMILES string of the molecule is CC(C)COc1ccc(C(=O)N/N=C/c2ccc(O)cc2O)cc1. The average Bonchev–Trinajstić information content (AvgIpc) is 2.55. The Bertz CT molecular complexity index is 724. The van der Waals surface area contributed by atoms with Crippen molar-refractivity contribution in [2.45, 2.75) is 13.8 Å². The van der Waals surface area contributed by atoms with Crippen molar-refractivity contribution in [3.8, 4) is 17.2 Å². The Hall–Kier alpha value is -3.02. The molecule has 0 aliphatic heterocycles. The molecule has 0 fully saturated rings. The zero-order chi connectivity index (χ0) is 17.5. The topological polar surface area (TPSA) is 91.2 Å². The van der Waals surface area contributed by atoms with E-state index >= 15 is 0 Å². The third-order valence-electron chi connectivity index (χ3n) is 3.08. The van der Waals surface area contributed by atoms with Gasteiger partial charge in [-0.2, -0.15) is 5.10 Å². The zero-order valence-electron chi connectivity index (χ0n) is 13.6. The number of ether oxygens (including phenoxy) is 1. The van der Waals surface area contributed by atoms with Crippen LogP contribution in [0.15, 0.2) is 47.6 Å². The highest BCUT2D eigenvalue weighted by Gasteiger charge is 2.05. The molecule has 0 unspecified atom stereocenters. The first-order valence-corrected chi connectivity index (χ1v) is 7.54. The Morgan fingerprint density at radius 1 is 1.21 bits per heavy atom. The van der Waals surface area contributed by atoms with Crippen LogP contribution in [-0.4, -0.2) is 28.9 Å². The van der Waals surface area contributed by atoms with E-state index in [9.17, 15) is 15.0 Å². The largest absolute Gasteiger partial charge is 0.508 e. The summed E-state index contributed by atoms with van der Waals surface area (Å²) in [7, 11) is 0. The van der Waals surface area contributed by atoms with E-state index in [1.165, 1.54) is 24.4 Å². The lowest BCUT2D eigenvalue weighted by Gasteiger charge is -2.08.